The molecule has 1 aliphatic rings. The van der Waals surface area contributed by atoms with Crippen LogP contribution in [0.2, 0.25) is 0 Å². The average molecular weight is 370 g/mol. The first-order valence-corrected chi connectivity index (χ1v) is 10.4. The fourth-order valence-electron chi connectivity index (χ4n) is 3.43. The van der Waals surface area contributed by atoms with Crippen molar-refractivity contribution in [2.24, 2.45) is 0 Å². The Kier molecular flexibility index (Phi) is 6.20. The SMILES string of the molecule is CS[C@H]1CCC[C@@H](NC(=O)c2cncc(-c3ccc(N(C)C)cc3)c2)C1. The van der Waals surface area contributed by atoms with E-state index in [1.54, 1.807) is 6.20 Å². The smallest absolute Gasteiger partial charge is 0.253 e. The van der Waals surface area contributed by atoms with Gasteiger partial charge in [-0.05, 0) is 49.3 Å². The molecule has 1 N–H and O–H groups in total. The molecule has 2 aromatic rings. The van der Waals surface area contributed by atoms with Crippen molar-refractivity contribution in [2.75, 3.05) is 25.3 Å². The van der Waals surface area contributed by atoms with Gasteiger partial charge in [-0.3, -0.25) is 9.78 Å². The minimum Gasteiger partial charge on any atom is -0.378 e. The lowest BCUT2D eigenvalue weighted by Crippen LogP contribution is -2.39. The first-order valence-electron chi connectivity index (χ1n) is 9.13. The molecule has 1 aromatic heterocycles. The monoisotopic (exact) mass is 369 g/mol. The molecular formula is C21H27N3OS. The molecule has 1 heterocycles. The van der Waals surface area contributed by atoms with Gasteiger partial charge in [-0.1, -0.05) is 18.6 Å². The predicted molar refractivity (Wildman–Crippen MR) is 111 cm³/mol. The van der Waals surface area contributed by atoms with Crippen molar-refractivity contribution in [1.82, 2.24) is 10.3 Å². The summed E-state index contributed by atoms with van der Waals surface area (Å²) >= 11 is 1.91. The summed E-state index contributed by atoms with van der Waals surface area (Å²) in [6, 6.07) is 10.5. The maximum absolute atomic E-state index is 12.7. The molecule has 0 radical (unpaired) electrons. The van der Waals surface area contributed by atoms with Crippen molar-refractivity contribution in [2.45, 2.75) is 37.0 Å². The van der Waals surface area contributed by atoms with Crippen LogP contribution in [0.3, 0.4) is 0 Å². The Labute approximate surface area is 160 Å². The molecule has 1 aliphatic carbocycles. The van der Waals surface area contributed by atoms with Crippen molar-refractivity contribution in [3.8, 4) is 11.1 Å². The molecule has 1 aromatic carbocycles. The van der Waals surface area contributed by atoms with Gasteiger partial charge in [0.05, 0.1) is 5.56 Å². The Balaban J connectivity index is 1.71. The van der Waals surface area contributed by atoms with Crippen LogP contribution in [0.5, 0.6) is 0 Å². The molecule has 26 heavy (non-hydrogen) atoms. The van der Waals surface area contributed by atoms with Gasteiger partial charge in [-0.2, -0.15) is 11.8 Å². The van der Waals surface area contributed by atoms with Crippen LogP contribution in [-0.4, -0.2) is 42.5 Å². The number of carbonyl (C=O) groups excluding carboxylic acids is 1. The second-order valence-corrected chi connectivity index (χ2v) is 8.24. The third kappa shape index (κ3) is 4.58. The van der Waals surface area contributed by atoms with E-state index in [0.29, 0.717) is 10.8 Å². The summed E-state index contributed by atoms with van der Waals surface area (Å²) in [5, 5.41) is 3.86. The Morgan fingerprint density at radius 3 is 2.62 bits per heavy atom. The highest BCUT2D eigenvalue weighted by molar-refractivity contribution is 7.99. The van der Waals surface area contributed by atoms with Gasteiger partial charge in [-0.25, -0.2) is 0 Å². The molecule has 4 nitrogen and oxygen atoms in total. The zero-order valence-electron chi connectivity index (χ0n) is 15.7. The summed E-state index contributed by atoms with van der Waals surface area (Å²) in [5.41, 5.74) is 3.81. The molecule has 0 saturated heterocycles. The third-order valence-electron chi connectivity index (χ3n) is 5.01. The molecule has 2 atom stereocenters. The number of rotatable bonds is 5. The number of amides is 1. The number of benzene rings is 1. The molecule has 138 valence electrons. The molecule has 1 fully saturated rings. The fourth-order valence-corrected chi connectivity index (χ4v) is 4.26. The van der Waals surface area contributed by atoms with Crippen molar-refractivity contribution < 1.29 is 4.79 Å². The van der Waals surface area contributed by atoms with Crippen molar-refractivity contribution in [3.63, 3.8) is 0 Å². The number of aromatic nitrogens is 1. The highest BCUT2D eigenvalue weighted by atomic mass is 32.2. The van der Waals surface area contributed by atoms with Gasteiger partial charge in [0.15, 0.2) is 0 Å². The van der Waals surface area contributed by atoms with E-state index in [4.69, 9.17) is 0 Å². The second-order valence-electron chi connectivity index (χ2n) is 7.10. The van der Waals surface area contributed by atoms with Crippen LogP contribution in [0, 0.1) is 0 Å². The van der Waals surface area contributed by atoms with E-state index >= 15 is 0 Å². The maximum atomic E-state index is 12.7. The molecule has 1 amide bonds. The lowest BCUT2D eigenvalue weighted by molar-refractivity contribution is 0.0928. The highest BCUT2D eigenvalue weighted by Crippen LogP contribution is 2.27. The van der Waals surface area contributed by atoms with E-state index in [9.17, 15) is 4.79 Å². The third-order valence-corrected chi connectivity index (χ3v) is 6.11. The summed E-state index contributed by atoms with van der Waals surface area (Å²) in [6.45, 7) is 0. The molecule has 0 spiro atoms. The Hall–Kier alpha value is -2.01. The average Bonchev–Trinajstić information content (AvgIpc) is 2.68. The molecule has 0 bridgehead atoms. The standard InChI is InChI=1S/C21H27N3OS/c1-24(2)19-9-7-15(8-10-19)16-11-17(14-22-13-16)21(25)23-18-5-4-6-20(12-18)26-3/h7-11,13-14,18,20H,4-6,12H2,1-3H3,(H,23,25)/t18-,20+/m1/s1. The molecule has 0 aliphatic heterocycles. The van der Waals surface area contributed by atoms with Gasteiger partial charge < -0.3 is 10.2 Å². The molecule has 5 heteroatoms. The molecular weight excluding hydrogens is 342 g/mol. The highest BCUT2D eigenvalue weighted by Gasteiger charge is 2.23. The van der Waals surface area contributed by atoms with Crippen LogP contribution in [0.4, 0.5) is 5.69 Å². The fraction of sp³-hybridized carbons (Fsp3) is 0.429. The number of nitrogens with zero attached hydrogens (tertiary/aromatic N) is 2. The second kappa shape index (κ2) is 8.58. The van der Waals surface area contributed by atoms with E-state index in [1.807, 2.05) is 38.1 Å². The van der Waals surface area contributed by atoms with E-state index in [1.165, 1.54) is 12.8 Å². The van der Waals surface area contributed by atoms with Gasteiger partial charge in [-0.15, -0.1) is 0 Å². The largest absolute Gasteiger partial charge is 0.378 e. The van der Waals surface area contributed by atoms with Crippen molar-refractivity contribution >= 4 is 23.4 Å². The number of carbonyl (C=O) groups is 1. The number of nitrogens with one attached hydrogen (secondary N) is 1. The zero-order valence-corrected chi connectivity index (χ0v) is 16.6. The van der Waals surface area contributed by atoms with Gasteiger partial charge in [0.2, 0.25) is 0 Å². The van der Waals surface area contributed by atoms with Crippen LogP contribution in [0.25, 0.3) is 11.1 Å². The lowest BCUT2D eigenvalue weighted by atomic mass is 9.94. The zero-order chi connectivity index (χ0) is 18.5. The summed E-state index contributed by atoms with van der Waals surface area (Å²) < 4.78 is 0. The quantitative estimate of drug-likeness (QED) is 0.857. The minimum absolute atomic E-state index is 0.0176. The number of pyridine rings is 1. The topological polar surface area (TPSA) is 45.2 Å². The van der Waals surface area contributed by atoms with Gasteiger partial charge in [0, 0.05) is 49.0 Å². The normalized spacial score (nSPS) is 19.8. The van der Waals surface area contributed by atoms with Crippen molar-refractivity contribution in [3.05, 3.63) is 48.3 Å². The number of anilines is 1. The summed E-state index contributed by atoms with van der Waals surface area (Å²) in [5.74, 6) is -0.0176. The van der Waals surface area contributed by atoms with Gasteiger partial charge >= 0.3 is 0 Å². The lowest BCUT2D eigenvalue weighted by Gasteiger charge is -2.28. The van der Waals surface area contributed by atoms with Crippen molar-refractivity contribution in [1.29, 1.82) is 0 Å². The van der Waals surface area contributed by atoms with Crippen LogP contribution in [-0.2, 0) is 0 Å². The van der Waals surface area contributed by atoms with Crippen LogP contribution in [0.15, 0.2) is 42.7 Å². The first-order chi connectivity index (χ1) is 12.6. The predicted octanol–water partition coefficient (Wildman–Crippen LogP) is 4.22. The summed E-state index contributed by atoms with van der Waals surface area (Å²) in [6.07, 6.45) is 10.2. The first kappa shape index (κ1) is 18.8. The Morgan fingerprint density at radius 2 is 1.92 bits per heavy atom. The summed E-state index contributed by atoms with van der Waals surface area (Å²) in [7, 11) is 4.04. The molecule has 3 rings (SSSR count). The summed E-state index contributed by atoms with van der Waals surface area (Å²) in [4.78, 5) is 19.0. The van der Waals surface area contributed by atoms with E-state index in [-0.39, 0.29) is 11.9 Å². The Bertz CT molecular complexity index is 745. The van der Waals surface area contributed by atoms with E-state index < -0.39 is 0 Å². The van der Waals surface area contributed by atoms with Gasteiger partial charge in [0.25, 0.3) is 5.91 Å². The molecule has 0 unspecified atom stereocenters. The number of hydrogen-bond donors (Lipinski definition) is 1. The number of thioether (sulfide) groups is 1. The molecule has 1 saturated carbocycles. The van der Waals surface area contributed by atoms with Crippen LogP contribution in [0.1, 0.15) is 36.0 Å². The van der Waals surface area contributed by atoms with E-state index in [0.717, 1.165) is 29.7 Å². The van der Waals surface area contributed by atoms with Crippen LogP contribution < -0.4 is 10.2 Å². The van der Waals surface area contributed by atoms with Gasteiger partial charge in [0.1, 0.15) is 0 Å². The number of hydrogen-bond acceptors (Lipinski definition) is 4. The minimum atomic E-state index is -0.0176. The van der Waals surface area contributed by atoms with E-state index in [2.05, 4.69) is 45.7 Å². The maximum Gasteiger partial charge on any atom is 0.253 e. The Morgan fingerprint density at radius 1 is 1.15 bits per heavy atom. The van der Waals surface area contributed by atoms with Crippen LogP contribution >= 0.6 is 11.8 Å².